The van der Waals surface area contributed by atoms with Crippen LogP contribution < -0.4 is 20.7 Å². The Kier molecular flexibility index (Phi) is 24.3. The number of Topliss-reactive ketones (excluding diaryl/α,β-unsaturated/α-hetero) is 1. The Hall–Kier alpha value is -6.12. The average Bonchev–Trinajstić information content (AvgIpc) is 4.13. The predicted molar refractivity (Wildman–Crippen MR) is 293 cm³/mol. The van der Waals surface area contributed by atoms with E-state index in [9.17, 15) is 48.3 Å². The zero-order chi connectivity index (χ0) is 59.3. The second-order valence-electron chi connectivity index (χ2n) is 23.4. The standard InChI is InChI=1S/C58H91N7O14/c1-16-35(10)47-45(66)30-46(67)79-50(33(6)7)49(68)36(11)51(69)59-40(27-31(2)3)55(73)65-26-18-20-42(65)57(75)63(14)44(29-38-21-23-39(77-15)24-22-38)58(76)78-37(12)48(53(71)60-47)61-52(70)43(28-32(4)5)62(13)56(74)41-19-17-25-64(41)54(72)34(8)9/h21-24,31-37,40-45,47-48,50,66H,16-20,25-30H2,1-15H3,(H,59,69)(H,60,71)(H,61,70)/t35-,36-,37-,40+,41+,42-,43+,44-,45+,47-,48-,50+/m0/s1. The highest BCUT2D eigenvalue weighted by Crippen LogP contribution is 2.28. The van der Waals surface area contributed by atoms with Gasteiger partial charge >= 0.3 is 11.9 Å². The minimum atomic E-state index is -1.73. The summed E-state index contributed by atoms with van der Waals surface area (Å²) in [5, 5.41) is 20.2. The van der Waals surface area contributed by atoms with Crippen molar-refractivity contribution >= 4 is 59.1 Å². The molecule has 4 rings (SSSR count). The number of cyclic esters (lactones) is 2. The molecule has 3 aliphatic rings. The van der Waals surface area contributed by atoms with Crippen LogP contribution in [0, 0.1) is 35.5 Å². The summed E-state index contributed by atoms with van der Waals surface area (Å²) in [5.74, 6) is -9.84. The van der Waals surface area contributed by atoms with E-state index in [1.807, 2.05) is 27.7 Å². The molecule has 3 aliphatic heterocycles. The van der Waals surface area contributed by atoms with E-state index in [0.717, 1.165) is 0 Å². The predicted octanol–water partition coefficient (Wildman–Crippen LogP) is 3.59. The van der Waals surface area contributed by atoms with E-state index in [1.54, 1.807) is 65.8 Å². The van der Waals surface area contributed by atoms with Crippen LogP contribution in [0.25, 0.3) is 0 Å². The number of ether oxygens (including phenoxy) is 3. The number of likely N-dealkylation sites (N-methyl/N-ethyl adjacent to an activating group) is 2. The molecule has 3 heterocycles. The zero-order valence-corrected chi connectivity index (χ0v) is 49.4. The van der Waals surface area contributed by atoms with Crippen LogP contribution in [0.1, 0.15) is 140 Å². The third-order valence-corrected chi connectivity index (χ3v) is 15.6. The summed E-state index contributed by atoms with van der Waals surface area (Å²) in [6.07, 6.45) is -3.21. The summed E-state index contributed by atoms with van der Waals surface area (Å²) in [6, 6.07) is -1.82. The Morgan fingerprint density at radius 1 is 0.848 bits per heavy atom. The first-order valence-corrected chi connectivity index (χ1v) is 28.3. The Labute approximate surface area is 467 Å². The van der Waals surface area contributed by atoms with Crippen molar-refractivity contribution in [2.75, 3.05) is 34.3 Å². The highest BCUT2D eigenvalue weighted by atomic mass is 16.6. The summed E-state index contributed by atoms with van der Waals surface area (Å²) < 4.78 is 17.3. The molecule has 0 aromatic heterocycles. The number of benzene rings is 1. The molecular formula is C58H91N7O14. The summed E-state index contributed by atoms with van der Waals surface area (Å²) in [4.78, 5) is 149. The molecule has 0 radical (unpaired) electrons. The number of rotatable bonds is 15. The number of esters is 2. The van der Waals surface area contributed by atoms with Crippen molar-refractivity contribution in [3.63, 3.8) is 0 Å². The number of hydrogen-bond acceptors (Lipinski definition) is 14. The maximum atomic E-state index is 15.0. The van der Waals surface area contributed by atoms with Gasteiger partial charge in [-0.3, -0.25) is 43.2 Å². The molecule has 7 amide bonds. The van der Waals surface area contributed by atoms with Crippen molar-refractivity contribution in [1.82, 2.24) is 35.6 Å². The second-order valence-corrected chi connectivity index (χ2v) is 23.4. The number of hydrogen-bond donors (Lipinski definition) is 4. The number of aliphatic hydroxyl groups excluding tert-OH is 1. The lowest BCUT2D eigenvalue weighted by molar-refractivity contribution is -0.163. The van der Waals surface area contributed by atoms with Gasteiger partial charge in [0.2, 0.25) is 41.4 Å². The molecule has 4 N–H and O–H groups in total. The van der Waals surface area contributed by atoms with Gasteiger partial charge in [0.05, 0.1) is 31.6 Å². The van der Waals surface area contributed by atoms with E-state index in [1.165, 1.54) is 54.7 Å². The number of nitrogens with one attached hydrogen (secondary N) is 3. The van der Waals surface area contributed by atoms with Gasteiger partial charge in [0.1, 0.15) is 48.1 Å². The fraction of sp³-hybridized carbons (Fsp3) is 0.724. The van der Waals surface area contributed by atoms with Gasteiger partial charge in [0.15, 0.2) is 11.9 Å². The van der Waals surface area contributed by atoms with Crippen molar-refractivity contribution in [3.8, 4) is 5.75 Å². The number of likely N-dealkylation sites (tertiary alicyclic amines) is 1. The average molecular weight is 1110 g/mol. The van der Waals surface area contributed by atoms with Gasteiger partial charge in [-0.2, -0.15) is 0 Å². The lowest BCUT2D eigenvalue weighted by Gasteiger charge is -2.36. The summed E-state index contributed by atoms with van der Waals surface area (Å²) in [5.41, 5.74) is 0.585. The number of aliphatic hydroxyl groups is 1. The molecule has 21 heteroatoms. The topological polar surface area (TPSA) is 268 Å². The van der Waals surface area contributed by atoms with Crippen molar-refractivity contribution in [1.29, 1.82) is 0 Å². The number of fused-ring (bicyclic) bond motifs is 1. The van der Waals surface area contributed by atoms with Crippen LogP contribution in [0.2, 0.25) is 0 Å². The third-order valence-electron chi connectivity index (χ3n) is 15.6. The fourth-order valence-corrected chi connectivity index (χ4v) is 10.6. The molecule has 79 heavy (non-hydrogen) atoms. The highest BCUT2D eigenvalue weighted by Gasteiger charge is 2.46. The Bertz CT molecular complexity index is 2330. The first kappa shape index (κ1) is 65.4. The van der Waals surface area contributed by atoms with Crippen LogP contribution in [0.4, 0.5) is 0 Å². The number of nitrogens with zero attached hydrogens (tertiary/aromatic N) is 4. The largest absolute Gasteiger partial charge is 0.497 e. The lowest BCUT2D eigenvalue weighted by Crippen LogP contribution is -2.62. The van der Waals surface area contributed by atoms with E-state index in [0.29, 0.717) is 43.5 Å². The smallest absolute Gasteiger partial charge is 0.329 e. The van der Waals surface area contributed by atoms with E-state index in [2.05, 4.69) is 16.0 Å². The Morgan fingerprint density at radius 2 is 1.48 bits per heavy atom. The molecule has 0 spiro atoms. The molecular weight excluding hydrogens is 1020 g/mol. The molecule has 0 saturated carbocycles. The lowest BCUT2D eigenvalue weighted by atomic mass is 9.91. The maximum absolute atomic E-state index is 15.0. The van der Waals surface area contributed by atoms with Crippen LogP contribution in [-0.4, -0.2) is 179 Å². The second kappa shape index (κ2) is 29.4. The van der Waals surface area contributed by atoms with Crippen LogP contribution >= 0.6 is 0 Å². The van der Waals surface area contributed by atoms with Crippen LogP contribution in [-0.2, 0) is 63.8 Å². The number of carbonyl (C=O) groups is 10. The van der Waals surface area contributed by atoms with Crippen molar-refractivity contribution < 1.29 is 67.3 Å². The van der Waals surface area contributed by atoms with Crippen molar-refractivity contribution in [3.05, 3.63) is 29.8 Å². The zero-order valence-electron chi connectivity index (χ0n) is 49.4. The molecule has 0 bridgehead atoms. The van der Waals surface area contributed by atoms with E-state index >= 15 is 4.79 Å². The first-order chi connectivity index (χ1) is 37.0. The highest BCUT2D eigenvalue weighted by molar-refractivity contribution is 6.05. The SMILES string of the molecule is CC[C@H](C)[C@@H]1NC(=O)[C@@H](NC(=O)[C@@H](CC(C)C)N(C)C(=O)[C@H]2CCCN2C(=O)C(C)C)[C@H](C)OC(=O)[C@H](Cc2ccc(OC)cc2)N(C)C(=O)[C@@H]2CCCN2C(=O)[C@@H](CC(C)C)NC(=O)[C@@H](C)C(=O)[C@@H](C(C)C)OC(=O)C[C@H]1O. The van der Waals surface area contributed by atoms with Gasteiger partial charge in [-0.25, -0.2) is 4.79 Å². The Morgan fingerprint density at radius 3 is 2.05 bits per heavy atom. The van der Waals surface area contributed by atoms with Gasteiger partial charge < -0.3 is 54.9 Å². The number of amides is 7. The molecule has 3 fully saturated rings. The van der Waals surface area contributed by atoms with E-state index < -0.39 is 138 Å². The first-order valence-electron chi connectivity index (χ1n) is 28.3. The third kappa shape index (κ3) is 17.0. The number of carbonyl (C=O) groups excluding carboxylic acids is 10. The van der Waals surface area contributed by atoms with Crippen molar-refractivity contribution in [2.24, 2.45) is 35.5 Å². The Balaban J connectivity index is 1.89. The van der Waals surface area contributed by atoms with Crippen LogP contribution in [0.5, 0.6) is 5.75 Å². The minimum Gasteiger partial charge on any atom is -0.497 e. The van der Waals surface area contributed by atoms with Gasteiger partial charge in [-0.15, -0.1) is 0 Å². The molecule has 1 aromatic carbocycles. The van der Waals surface area contributed by atoms with E-state index in [-0.39, 0.29) is 55.9 Å². The molecule has 3 saturated heterocycles. The van der Waals surface area contributed by atoms with Gasteiger partial charge in [-0.05, 0) is 93.7 Å². The van der Waals surface area contributed by atoms with Gasteiger partial charge in [0, 0.05) is 39.5 Å². The van der Waals surface area contributed by atoms with E-state index in [4.69, 9.17) is 14.2 Å². The summed E-state index contributed by atoms with van der Waals surface area (Å²) in [6.45, 7) is 20.9. The monoisotopic (exact) mass is 1110 g/mol. The summed E-state index contributed by atoms with van der Waals surface area (Å²) >= 11 is 0. The van der Waals surface area contributed by atoms with Gasteiger partial charge in [-0.1, -0.05) is 87.8 Å². The molecule has 0 unspecified atom stereocenters. The maximum Gasteiger partial charge on any atom is 0.329 e. The molecule has 12 atom stereocenters. The minimum absolute atomic E-state index is 0.115. The normalized spacial score (nSPS) is 27.3. The van der Waals surface area contributed by atoms with Crippen molar-refractivity contribution in [2.45, 2.75) is 201 Å². The molecule has 21 nitrogen and oxygen atoms in total. The molecule has 442 valence electrons. The molecule has 0 aliphatic carbocycles. The molecule has 1 aromatic rings. The fourth-order valence-electron chi connectivity index (χ4n) is 10.6. The number of ketones is 1. The number of methoxy groups -OCH3 is 1. The van der Waals surface area contributed by atoms with Gasteiger partial charge in [0.25, 0.3) is 0 Å². The summed E-state index contributed by atoms with van der Waals surface area (Å²) in [7, 11) is 4.38. The van der Waals surface area contributed by atoms with Crippen LogP contribution in [0.3, 0.4) is 0 Å². The van der Waals surface area contributed by atoms with Crippen LogP contribution in [0.15, 0.2) is 24.3 Å². The quantitative estimate of drug-likeness (QED) is 0.145.